The van der Waals surface area contributed by atoms with Crippen molar-refractivity contribution >= 4 is 5.43 Å². The van der Waals surface area contributed by atoms with E-state index in [1.807, 2.05) is 59.7 Å². The van der Waals surface area contributed by atoms with Crippen molar-refractivity contribution in [1.29, 1.82) is 0 Å². The third-order valence-electron chi connectivity index (χ3n) is 4.48. The largest absolute Gasteiger partial charge is 1.00 e. The van der Waals surface area contributed by atoms with Gasteiger partial charge in [0.1, 0.15) is 0 Å². The van der Waals surface area contributed by atoms with Gasteiger partial charge < -0.3 is 24.8 Å². The van der Waals surface area contributed by atoms with E-state index in [1.165, 1.54) is 34.3 Å². The van der Waals surface area contributed by atoms with Crippen molar-refractivity contribution in [2.45, 2.75) is 46.2 Å². The van der Waals surface area contributed by atoms with E-state index in [-0.39, 0.29) is 30.2 Å². The molecule has 1 aliphatic rings. The molecule has 0 bridgehead atoms. The van der Waals surface area contributed by atoms with Crippen molar-refractivity contribution in [3.8, 4) is 11.1 Å². The normalized spacial score (nSPS) is 10.4. The molecule has 0 fully saturated rings. The van der Waals surface area contributed by atoms with Crippen molar-refractivity contribution in [3.05, 3.63) is 90.0 Å². The Hall–Kier alpha value is -0.530. The first kappa shape index (κ1) is 29.5. The zero-order valence-corrected chi connectivity index (χ0v) is 23.4. The number of hydrogen-bond acceptors (Lipinski definition) is 0. The van der Waals surface area contributed by atoms with Gasteiger partial charge in [-0.2, -0.15) is 48.0 Å². The van der Waals surface area contributed by atoms with Crippen molar-refractivity contribution in [2.24, 2.45) is 11.8 Å². The Morgan fingerprint density at radius 1 is 0.867 bits per heavy atom. The number of halogens is 2. The summed E-state index contributed by atoms with van der Waals surface area (Å²) >= 11 is 1.83. The van der Waals surface area contributed by atoms with E-state index < -0.39 is 0 Å². The monoisotopic (exact) mass is 532 g/mol. The minimum absolute atomic E-state index is 0. The minimum atomic E-state index is 0. The van der Waals surface area contributed by atoms with Crippen molar-refractivity contribution in [2.75, 3.05) is 0 Å². The second-order valence-electron chi connectivity index (χ2n) is 8.16. The average Bonchev–Trinajstić information content (AvgIpc) is 3.32. The van der Waals surface area contributed by atoms with Crippen LogP contribution in [0.4, 0.5) is 0 Å². The summed E-state index contributed by atoms with van der Waals surface area (Å²) in [6.45, 7) is 9.37. The molecule has 0 saturated heterocycles. The van der Waals surface area contributed by atoms with E-state index in [2.05, 4.69) is 70.2 Å². The maximum Gasteiger partial charge on any atom is -0.0253 e. The molecule has 0 aliphatic heterocycles. The van der Waals surface area contributed by atoms with Crippen LogP contribution in [0.2, 0.25) is 12.1 Å². The molecule has 0 atom stereocenters. The van der Waals surface area contributed by atoms with Gasteiger partial charge in [0.2, 0.25) is 0 Å². The van der Waals surface area contributed by atoms with Crippen molar-refractivity contribution in [3.63, 3.8) is 0 Å². The standard InChI is InChI=1S/C13H9.C8H18Si.C5H5.2ClH.Zr/c1-3-7-12-10(5-1)9-11-6-2-4-8-13(11)12;1-7(2)5-9-6-8(3)4;1-2-4-5-3-1;;;/h1-5,7-8H,9H2;7-8H,5-6H2,1-4H3;1-5H;2*1H;/q-1;;-1;;;+2/p-2. The van der Waals surface area contributed by atoms with Crippen LogP contribution in [-0.4, -0.2) is 5.43 Å². The van der Waals surface area contributed by atoms with Gasteiger partial charge in [0.15, 0.2) is 0 Å². The molecule has 1 aliphatic carbocycles. The number of rotatable bonds is 4. The van der Waals surface area contributed by atoms with Gasteiger partial charge in [-0.15, -0.1) is 5.56 Å². The minimum Gasteiger partial charge on any atom is -1.00 e. The van der Waals surface area contributed by atoms with Crippen LogP contribution in [0.3, 0.4) is 0 Å². The molecule has 0 spiro atoms. The molecule has 0 unspecified atom stereocenters. The molecule has 0 N–H and O–H groups in total. The molecule has 0 aromatic heterocycles. The first-order chi connectivity index (χ1) is 13.5. The SMILES string of the molecule is CC(C)C[Si](=[Zr+2])CC(C)C.[Cl-].[Cl-].[c-]1cccc2c1Cc1ccccc1-2.c1cc[cH-]c1. The Kier molecular flexibility index (Phi) is 15.9. The summed E-state index contributed by atoms with van der Waals surface area (Å²) in [6.07, 6.45) is 1.05. The second-order valence-corrected chi connectivity index (χ2v) is 15.4. The predicted molar refractivity (Wildman–Crippen MR) is 121 cm³/mol. The zero-order chi connectivity index (χ0) is 20.4. The Labute approximate surface area is 211 Å². The molecular formula is C26H32Cl2SiZr-2. The average molecular weight is 535 g/mol. The van der Waals surface area contributed by atoms with Crippen LogP contribution in [0, 0.1) is 17.9 Å². The van der Waals surface area contributed by atoms with Gasteiger partial charge >= 0.3 is 80.4 Å². The quantitative estimate of drug-likeness (QED) is 0.274. The van der Waals surface area contributed by atoms with Crippen LogP contribution in [0.25, 0.3) is 11.1 Å². The van der Waals surface area contributed by atoms with Crippen LogP contribution in [0.5, 0.6) is 0 Å². The Morgan fingerprint density at radius 2 is 1.43 bits per heavy atom. The molecule has 30 heavy (non-hydrogen) atoms. The van der Waals surface area contributed by atoms with Crippen LogP contribution in [0.15, 0.2) is 72.8 Å². The summed E-state index contributed by atoms with van der Waals surface area (Å²) in [7, 11) is 0. The summed E-state index contributed by atoms with van der Waals surface area (Å²) in [6, 6.07) is 31.2. The molecule has 4 heteroatoms. The fourth-order valence-electron chi connectivity index (χ4n) is 3.39. The molecule has 3 aromatic rings. The molecule has 4 rings (SSSR count). The Balaban J connectivity index is 0.000000444. The fraction of sp³-hybridized carbons (Fsp3) is 0.346. The predicted octanol–water partition coefficient (Wildman–Crippen LogP) is 1.31. The third-order valence-corrected chi connectivity index (χ3v) is 10.1. The molecule has 0 amide bonds. The second kappa shape index (κ2) is 16.2. The van der Waals surface area contributed by atoms with E-state index in [9.17, 15) is 0 Å². The maximum absolute atomic E-state index is 3.30. The van der Waals surface area contributed by atoms with Gasteiger partial charge in [0.05, 0.1) is 0 Å². The Morgan fingerprint density at radius 3 is 1.97 bits per heavy atom. The van der Waals surface area contributed by atoms with Gasteiger partial charge in [0, 0.05) is 0 Å². The van der Waals surface area contributed by atoms with Gasteiger partial charge in [-0.05, 0) is 6.42 Å². The van der Waals surface area contributed by atoms with Gasteiger partial charge in [-0.1, -0.05) is 35.4 Å². The van der Waals surface area contributed by atoms with Crippen LogP contribution >= 0.6 is 0 Å². The third kappa shape index (κ3) is 10.7. The van der Waals surface area contributed by atoms with E-state index in [0.29, 0.717) is 0 Å². The first-order valence-corrected chi connectivity index (χ1v) is 15.9. The first-order valence-electron chi connectivity index (χ1n) is 10.3. The number of fused-ring (bicyclic) bond motifs is 3. The van der Waals surface area contributed by atoms with Crippen LogP contribution in [0.1, 0.15) is 38.8 Å². The smallest absolute Gasteiger partial charge is 0.0253 e. The number of hydrogen-bond donors (Lipinski definition) is 0. The summed E-state index contributed by atoms with van der Waals surface area (Å²) in [5.74, 6) is 1.87. The summed E-state index contributed by atoms with van der Waals surface area (Å²) < 4.78 is 0. The van der Waals surface area contributed by atoms with E-state index in [4.69, 9.17) is 0 Å². The van der Waals surface area contributed by atoms with E-state index in [0.717, 1.165) is 18.3 Å². The topological polar surface area (TPSA) is 0 Å². The summed E-state index contributed by atoms with van der Waals surface area (Å²) in [5, 5.41) is 0. The van der Waals surface area contributed by atoms with Gasteiger partial charge in [-0.3, -0.25) is 0 Å². The van der Waals surface area contributed by atoms with Crippen molar-refractivity contribution < 1.29 is 48.1 Å². The van der Waals surface area contributed by atoms with Crippen LogP contribution in [-0.2, 0) is 29.8 Å². The fourth-order valence-corrected chi connectivity index (χ4v) is 11.5. The van der Waals surface area contributed by atoms with E-state index >= 15 is 0 Å². The summed E-state index contributed by atoms with van der Waals surface area (Å²) in [5.41, 5.74) is 5.61. The molecule has 160 valence electrons. The van der Waals surface area contributed by atoms with Crippen molar-refractivity contribution in [1.82, 2.24) is 0 Å². The molecule has 0 nitrogen and oxygen atoms in total. The molecular weight excluding hydrogens is 503 g/mol. The van der Waals surface area contributed by atoms with E-state index in [1.54, 1.807) is 0 Å². The number of benzene rings is 2. The summed E-state index contributed by atoms with van der Waals surface area (Å²) in [4.78, 5) is 0. The molecule has 0 radical (unpaired) electrons. The molecule has 3 aromatic carbocycles. The molecule has 0 heterocycles. The Bertz CT molecular complexity index is 769. The van der Waals surface area contributed by atoms with Gasteiger partial charge in [0.25, 0.3) is 0 Å². The maximum atomic E-state index is 3.30. The van der Waals surface area contributed by atoms with Gasteiger partial charge in [-0.25, -0.2) is 12.1 Å². The molecule has 0 saturated carbocycles. The van der Waals surface area contributed by atoms with Crippen LogP contribution < -0.4 is 24.8 Å². The zero-order valence-electron chi connectivity index (χ0n) is 18.5.